The van der Waals surface area contributed by atoms with Gasteiger partial charge in [0.25, 0.3) is 5.91 Å². The number of anilines is 1. The standard InChI is InChI=1S/C14H12ClNO3S/c1-20(18,19)13-4-2-3-10(9-13)14(17)16-12-7-5-11(15)6-8-12/h2-9H,1H3,(H,16,17). The Kier molecular flexibility index (Phi) is 4.11. The van der Waals surface area contributed by atoms with Crippen LogP contribution in [0.3, 0.4) is 0 Å². The molecule has 0 saturated heterocycles. The molecule has 2 rings (SSSR count). The van der Waals surface area contributed by atoms with Gasteiger partial charge in [-0.1, -0.05) is 17.7 Å². The van der Waals surface area contributed by atoms with E-state index >= 15 is 0 Å². The predicted octanol–water partition coefficient (Wildman–Crippen LogP) is 3.00. The minimum atomic E-state index is -3.33. The van der Waals surface area contributed by atoms with Crippen LogP contribution in [0.5, 0.6) is 0 Å². The monoisotopic (exact) mass is 309 g/mol. The Morgan fingerprint density at radius 2 is 1.75 bits per heavy atom. The molecule has 0 saturated carbocycles. The molecule has 0 radical (unpaired) electrons. The second-order valence-corrected chi connectivity index (χ2v) is 6.71. The van der Waals surface area contributed by atoms with Crippen molar-refractivity contribution >= 4 is 33.0 Å². The molecule has 0 bridgehead atoms. The first-order valence-corrected chi connectivity index (χ1v) is 8.00. The second-order valence-electron chi connectivity index (χ2n) is 4.26. The van der Waals surface area contributed by atoms with Crippen molar-refractivity contribution in [2.45, 2.75) is 4.90 Å². The molecule has 0 atom stereocenters. The van der Waals surface area contributed by atoms with E-state index in [0.29, 0.717) is 10.7 Å². The maximum Gasteiger partial charge on any atom is 0.255 e. The summed E-state index contributed by atoms with van der Waals surface area (Å²) in [7, 11) is -3.33. The van der Waals surface area contributed by atoms with Crippen LogP contribution in [0.1, 0.15) is 10.4 Å². The molecule has 6 heteroatoms. The Morgan fingerprint density at radius 1 is 1.10 bits per heavy atom. The molecule has 20 heavy (non-hydrogen) atoms. The van der Waals surface area contributed by atoms with E-state index in [1.165, 1.54) is 18.2 Å². The molecule has 0 aliphatic heterocycles. The lowest BCUT2D eigenvalue weighted by Crippen LogP contribution is -2.12. The molecule has 0 unspecified atom stereocenters. The molecule has 0 heterocycles. The van der Waals surface area contributed by atoms with Gasteiger partial charge in [-0.15, -0.1) is 0 Å². The number of sulfone groups is 1. The van der Waals surface area contributed by atoms with Crippen molar-refractivity contribution in [2.24, 2.45) is 0 Å². The van der Waals surface area contributed by atoms with E-state index in [2.05, 4.69) is 5.32 Å². The van der Waals surface area contributed by atoms with Gasteiger partial charge in [-0.25, -0.2) is 8.42 Å². The number of nitrogens with one attached hydrogen (secondary N) is 1. The molecule has 0 spiro atoms. The highest BCUT2D eigenvalue weighted by atomic mass is 35.5. The average molecular weight is 310 g/mol. The van der Waals surface area contributed by atoms with Crippen LogP contribution in [0.2, 0.25) is 5.02 Å². The summed E-state index contributed by atoms with van der Waals surface area (Å²) in [6.45, 7) is 0. The van der Waals surface area contributed by atoms with Crippen LogP contribution in [0.4, 0.5) is 5.69 Å². The smallest absolute Gasteiger partial charge is 0.255 e. The van der Waals surface area contributed by atoms with Gasteiger partial charge >= 0.3 is 0 Å². The van der Waals surface area contributed by atoms with Gasteiger partial charge in [-0.3, -0.25) is 4.79 Å². The summed E-state index contributed by atoms with van der Waals surface area (Å²) in [5, 5.41) is 3.24. The van der Waals surface area contributed by atoms with Gasteiger partial charge in [-0.05, 0) is 42.5 Å². The summed E-state index contributed by atoms with van der Waals surface area (Å²) in [5.41, 5.74) is 0.868. The van der Waals surface area contributed by atoms with Gasteiger partial charge in [0.2, 0.25) is 0 Å². The average Bonchev–Trinajstić information content (AvgIpc) is 2.40. The Morgan fingerprint density at radius 3 is 2.35 bits per heavy atom. The summed E-state index contributed by atoms with van der Waals surface area (Å²) in [5.74, 6) is -0.377. The Balaban J connectivity index is 2.23. The lowest BCUT2D eigenvalue weighted by molar-refractivity contribution is 0.102. The fourth-order valence-corrected chi connectivity index (χ4v) is 2.40. The van der Waals surface area contributed by atoms with E-state index < -0.39 is 9.84 Å². The normalized spacial score (nSPS) is 11.1. The predicted molar refractivity (Wildman–Crippen MR) is 79.0 cm³/mol. The Bertz CT molecular complexity index is 739. The molecule has 2 aromatic carbocycles. The molecule has 2 aromatic rings. The minimum Gasteiger partial charge on any atom is -0.322 e. The van der Waals surface area contributed by atoms with Crippen LogP contribution in [0.25, 0.3) is 0 Å². The van der Waals surface area contributed by atoms with Gasteiger partial charge in [0.1, 0.15) is 0 Å². The largest absolute Gasteiger partial charge is 0.322 e. The van der Waals surface area contributed by atoms with Crippen molar-refractivity contribution in [3.05, 3.63) is 59.1 Å². The fraction of sp³-hybridized carbons (Fsp3) is 0.0714. The maximum atomic E-state index is 12.0. The minimum absolute atomic E-state index is 0.112. The number of halogens is 1. The molecular formula is C14H12ClNO3S. The van der Waals surface area contributed by atoms with E-state index in [9.17, 15) is 13.2 Å². The number of carbonyl (C=O) groups excluding carboxylic acids is 1. The van der Waals surface area contributed by atoms with Gasteiger partial charge in [0, 0.05) is 22.5 Å². The number of hydrogen-bond acceptors (Lipinski definition) is 3. The molecule has 0 aliphatic carbocycles. The van der Waals surface area contributed by atoms with E-state index in [1.807, 2.05) is 0 Å². The quantitative estimate of drug-likeness (QED) is 0.948. The Labute approximate surface area is 122 Å². The molecule has 0 aliphatic rings. The van der Waals surface area contributed by atoms with Crippen LogP contribution >= 0.6 is 11.6 Å². The first-order valence-electron chi connectivity index (χ1n) is 5.73. The first kappa shape index (κ1) is 14.6. The number of hydrogen-bond donors (Lipinski definition) is 1. The van der Waals surface area contributed by atoms with Gasteiger partial charge in [0.15, 0.2) is 9.84 Å². The van der Waals surface area contributed by atoms with Crippen LogP contribution in [0, 0.1) is 0 Å². The zero-order valence-electron chi connectivity index (χ0n) is 10.6. The van der Waals surface area contributed by atoms with Crippen molar-refractivity contribution in [3.63, 3.8) is 0 Å². The fourth-order valence-electron chi connectivity index (χ4n) is 1.60. The third-order valence-corrected chi connectivity index (χ3v) is 3.99. The molecule has 4 nitrogen and oxygen atoms in total. The molecule has 104 valence electrons. The molecule has 1 amide bonds. The van der Waals surface area contributed by atoms with Crippen molar-refractivity contribution in [2.75, 3.05) is 11.6 Å². The molecular weight excluding hydrogens is 298 g/mol. The summed E-state index contributed by atoms with van der Waals surface area (Å²) < 4.78 is 22.9. The molecule has 0 fully saturated rings. The molecule has 0 aromatic heterocycles. The van der Waals surface area contributed by atoms with Crippen molar-refractivity contribution < 1.29 is 13.2 Å². The van der Waals surface area contributed by atoms with Crippen LogP contribution < -0.4 is 5.32 Å². The van der Waals surface area contributed by atoms with E-state index in [0.717, 1.165) is 6.26 Å². The van der Waals surface area contributed by atoms with Crippen molar-refractivity contribution in [1.82, 2.24) is 0 Å². The van der Waals surface area contributed by atoms with Gasteiger partial charge in [-0.2, -0.15) is 0 Å². The van der Waals surface area contributed by atoms with Crippen LogP contribution in [0.15, 0.2) is 53.4 Å². The van der Waals surface area contributed by atoms with Crippen molar-refractivity contribution in [3.8, 4) is 0 Å². The summed E-state index contributed by atoms with van der Waals surface area (Å²) in [6, 6.07) is 12.5. The third-order valence-electron chi connectivity index (χ3n) is 2.63. The van der Waals surface area contributed by atoms with E-state index in [1.54, 1.807) is 30.3 Å². The number of amides is 1. The highest BCUT2D eigenvalue weighted by Gasteiger charge is 2.11. The number of benzene rings is 2. The zero-order chi connectivity index (χ0) is 14.8. The maximum absolute atomic E-state index is 12.0. The topological polar surface area (TPSA) is 63.2 Å². The lowest BCUT2D eigenvalue weighted by Gasteiger charge is -2.06. The number of carbonyl (C=O) groups is 1. The summed E-state index contributed by atoms with van der Waals surface area (Å²) in [6.07, 6.45) is 1.10. The summed E-state index contributed by atoms with van der Waals surface area (Å²) >= 11 is 5.76. The van der Waals surface area contributed by atoms with E-state index in [-0.39, 0.29) is 16.4 Å². The molecule has 1 N–H and O–H groups in total. The van der Waals surface area contributed by atoms with Gasteiger partial charge < -0.3 is 5.32 Å². The SMILES string of the molecule is CS(=O)(=O)c1cccc(C(=O)Nc2ccc(Cl)cc2)c1. The van der Waals surface area contributed by atoms with E-state index in [4.69, 9.17) is 11.6 Å². The highest BCUT2D eigenvalue weighted by Crippen LogP contribution is 2.16. The third kappa shape index (κ3) is 3.59. The van der Waals surface area contributed by atoms with Crippen LogP contribution in [-0.2, 0) is 9.84 Å². The second kappa shape index (κ2) is 5.64. The van der Waals surface area contributed by atoms with Crippen molar-refractivity contribution in [1.29, 1.82) is 0 Å². The van der Waals surface area contributed by atoms with Gasteiger partial charge in [0.05, 0.1) is 4.90 Å². The zero-order valence-corrected chi connectivity index (χ0v) is 12.2. The highest BCUT2D eigenvalue weighted by molar-refractivity contribution is 7.90. The number of rotatable bonds is 3. The summed E-state index contributed by atoms with van der Waals surface area (Å²) in [4.78, 5) is 12.2. The first-order chi connectivity index (χ1) is 9.36. The van der Waals surface area contributed by atoms with Crippen LogP contribution in [-0.4, -0.2) is 20.6 Å². The lowest BCUT2D eigenvalue weighted by atomic mass is 10.2. The Hall–Kier alpha value is -1.85.